The molecule has 1 aromatic heterocycles. The molecule has 4 nitrogen and oxygen atoms in total. The highest BCUT2D eigenvalue weighted by molar-refractivity contribution is 7.90. The molecule has 7 heteroatoms. The summed E-state index contributed by atoms with van der Waals surface area (Å²) in [6.07, 6.45) is 0. The molecule has 0 aliphatic rings. The third kappa shape index (κ3) is 2.56. The van der Waals surface area contributed by atoms with Crippen LogP contribution in [-0.2, 0) is 15.6 Å². The summed E-state index contributed by atoms with van der Waals surface area (Å²) in [5.41, 5.74) is 0.547. The van der Waals surface area contributed by atoms with Crippen LogP contribution < -0.4 is 0 Å². The van der Waals surface area contributed by atoms with E-state index in [1.54, 1.807) is 6.92 Å². The number of hydrogen-bond donors (Lipinski definition) is 0. The van der Waals surface area contributed by atoms with E-state index in [1.165, 1.54) is 6.07 Å². The van der Waals surface area contributed by atoms with E-state index in [1.807, 2.05) is 0 Å². The van der Waals surface area contributed by atoms with E-state index < -0.39 is 27.2 Å². The van der Waals surface area contributed by atoms with E-state index >= 15 is 0 Å². The van der Waals surface area contributed by atoms with Gasteiger partial charge in [0, 0.05) is 6.07 Å². The minimum atomic E-state index is -3.78. The lowest BCUT2D eigenvalue weighted by atomic mass is 10.3. The maximum absolute atomic E-state index is 13.0. The van der Waals surface area contributed by atoms with Gasteiger partial charge in [-0.05, 0) is 25.1 Å². The third-order valence-electron chi connectivity index (χ3n) is 2.26. The van der Waals surface area contributed by atoms with Gasteiger partial charge in [0.15, 0.2) is 27.2 Å². The summed E-state index contributed by atoms with van der Waals surface area (Å²) in [6, 6.07) is 3.90. The Morgan fingerprint density at radius 1 is 1.22 bits per heavy atom. The standard InChI is InChI=1S/C11H9F2NO3S/c1-7-4-8(17-14-7)6-18(15,16)9-2-3-10(12)11(13)5-9/h2-5H,6H2,1H3. The van der Waals surface area contributed by atoms with Crippen molar-refractivity contribution in [2.75, 3.05) is 0 Å². The summed E-state index contributed by atoms with van der Waals surface area (Å²) in [6.45, 7) is 1.65. The van der Waals surface area contributed by atoms with Crippen LogP contribution in [0, 0.1) is 18.6 Å². The number of nitrogens with zero attached hydrogens (tertiary/aromatic N) is 1. The lowest BCUT2D eigenvalue weighted by molar-refractivity contribution is 0.388. The molecular weight excluding hydrogens is 264 g/mol. The van der Waals surface area contributed by atoms with Crippen LogP contribution >= 0.6 is 0 Å². The molecule has 0 bridgehead atoms. The summed E-state index contributed by atoms with van der Waals surface area (Å²) in [4.78, 5) is -0.296. The molecular formula is C11H9F2NO3S. The van der Waals surface area contributed by atoms with E-state index in [2.05, 4.69) is 5.16 Å². The molecule has 2 aromatic rings. The second kappa shape index (κ2) is 4.49. The van der Waals surface area contributed by atoms with Crippen molar-refractivity contribution in [3.8, 4) is 0 Å². The Hall–Kier alpha value is -1.76. The van der Waals surface area contributed by atoms with Crippen LogP contribution in [0.25, 0.3) is 0 Å². The van der Waals surface area contributed by atoms with Crippen molar-refractivity contribution in [1.29, 1.82) is 0 Å². The van der Waals surface area contributed by atoms with Crippen LogP contribution in [0.2, 0.25) is 0 Å². The lowest BCUT2D eigenvalue weighted by Gasteiger charge is -2.02. The average molecular weight is 273 g/mol. The molecule has 0 saturated heterocycles. The SMILES string of the molecule is Cc1cc(CS(=O)(=O)c2ccc(F)c(F)c2)on1. The maximum atomic E-state index is 13.0. The van der Waals surface area contributed by atoms with E-state index in [-0.39, 0.29) is 10.7 Å². The zero-order valence-corrected chi connectivity index (χ0v) is 10.2. The molecule has 0 saturated carbocycles. The third-order valence-corrected chi connectivity index (χ3v) is 3.90. The van der Waals surface area contributed by atoms with Crippen molar-refractivity contribution in [3.63, 3.8) is 0 Å². The lowest BCUT2D eigenvalue weighted by Crippen LogP contribution is -2.05. The predicted octanol–water partition coefficient (Wildman–Crippen LogP) is 2.24. The Morgan fingerprint density at radius 2 is 1.94 bits per heavy atom. The summed E-state index contributed by atoms with van der Waals surface area (Å²) >= 11 is 0. The smallest absolute Gasteiger partial charge is 0.185 e. The molecule has 18 heavy (non-hydrogen) atoms. The minimum absolute atomic E-state index is 0.150. The Balaban J connectivity index is 2.33. The second-order valence-electron chi connectivity index (χ2n) is 3.77. The van der Waals surface area contributed by atoms with Crippen LogP contribution in [0.15, 0.2) is 33.7 Å². The molecule has 96 valence electrons. The van der Waals surface area contributed by atoms with E-state index in [4.69, 9.17) is 4.52 Å². The van der Waals surface area contributed by atoms with Gasteiger partial charge in [0.05, 0.1) is 10.6 Å². The first kappa shape index (κ1) is 12.7. The van der Waals surface area contributed by atoms with Crippen molar-refractivity contribution in [3.05, 3.63) is 47.4 Å². The molecule has 0 aliphatic heterocycles. The van der Waals surface area contributed by atoms with Crippen molar-refractivity contribution >= 4 is 9.84 Å². The van der Waals surface area contributed by atoms with Gasteiger partial charge in [0.25, 0.3) is 0 Å². The molecule has 0 spiro atoms. The summed E-state index contributed by atoms with van der Waals surface area (Å²) in [5.74, 6) is -2.59. The number of sulfone groups is 1. The molecule has 0 aliphatic carbocycles. The number of hydrogen-bond acceptors (Lipinski definition) is 4. The highest BCUT2D eigenvalue weighted by Crippen LogP contribution is 2.19. The number of halogens is 2. The molecule has 0 unspecified atom stereocenters. The predicted molar refractivity (Wildman–Crippen MR) is 58.5 cm³/mol. The fraction of sp³-hybridized carbons (Fsp3) is 0.182. The minimum Gasteiger partial charge on any atom is -0.360 e. The van der Waals surface area contributed by atoms with E-state index in [0.717, 1.165) is 12.1 Å². The fourth-order valence-electron chi connectivity index (χ4n) is 1.43. The molecule has 1 heterocycles. The molecule has 0 fully saturated rings. The van der Waals surface area contributed by atoms with Crippen LogP contribution in [0.1, 0.15) is 11.5 Å². The normalized spacial score (nSPS) is 11.7. The first-order valence-corrected chi connectivity index (χ1v) is 6.64. The number of rotatable bonds is 3. The molecule has 0 radical (unpaired) electrons. The van der Waals surface area contributed by atoms with Crippen molar-refractivity contribution in [2.24, 2.45) is 0 Å². The van der Waals surface area contributed by atoms with Crippen molar-refractivity contribution in [2.45, 2.75) is 17.6 Å². The Bertz CT molecular complexity index is 679. The monoisotopic (exact) mass is 273 g/mol. The Morgan fingerprint density at radius 3 is 2.50 bits per heavy atom. The van der Waals surface area contributed by atoms with Crippen LogP contribution in [0.3, 0.4) is 0 Å². The van der Waals surface area contributed by atoms with Crippen LogP contribution in [-0.4, -0.2) is 13.6 Å². The topological polar surface area (TPSA) is 60.2 Å². The summed E-state index contributed by atoms with van der Waals surface area (Å²) in [7, 11) is -3.78. The largest absolute Gasteiger partial charge is 0.360 e. The van der Waals surface area contributed by atoms with Crippen molar-refractivity contribution < 1.29 is 21.7 Å². The molecule has 0 N–H and O–H groups in total. The van der Waals surface area contributed by atoms with Gasteiger partial charge in [0.1, 0.15) is 5.75 Å². The zero-order chi connectivity index (χ0) is 13.3. The Labute approximate surface area is 102 Å². The van der Waals surface area contributed by atoms with Gasteiger partial charge in [-0.1, -0.05) is 5.16 Å². The van der Waals surface area contributed by atoms with E-state index in [0.29, 0.717) is 11.8 Å². The highest BCUT2D eigenvalue weighted by atomic mass is 32.2. The molecule has 0 atom stereocenters. The van der Waals surface area contributed by atoms with Gasteiger partial charge in [-0.25, -0.2) is 17.2 Å². The van der Waals surface area contributed by atoms with E-state index in [9.17, 15) is 17.2 Å². The van der Waals surface area contributed by atoms with Gasteiger partial charge in [0.2, 0.25) is 0 Å². The van der Waals surface area contributed by atoms with Crippen LogP contribution in [0.5, 0.6) is 0 Å². The number of aromatic nitrogens is 1. The van der Waals surface area contributed by atoms with Gasteiger partial charge in [-0.3, -0.25) is 0 Å². The first-order valence-electron chi connectivity index (χ1n) is 4.98. The molecule has 2 rings (SSSR count). The maximum Gasteiger partial charge on any atom is 0.185 e. The molecule has 0 amide bonds. The summed E-state index contributed by atoms with van der Waals surface area (Å²) < 4.78 is 54.3. The Kier molecular flexibility index (Phi) is 3.16. The second-order valence-corrected chi connectivity index (χ2v) is 5.76. The van der Waals surface area contributed by atoms with Gasteiger partial charge in [-0.15, -0.1) is 0 Å². The zero-order valence-electron chi connectivity index (χ0n) is 9.35. The van der Waals surface area contributed by atoms with Gasteiger partial charge < -0.3 is 4.52 Å². The average Bonchev–Trinajstić information content (AvgIpc) is 2.67. The number of aryl methyl sites for hydroxylation is 1. The fourth-order valence-corrected chi connectivity index (χ4v) is 2.66. The summed E-state index contributed by atoms with van der Waals surface area (Å²) in [5, 5.41) is 3.55. The van der Waals surface area contributed by atoms with Crippen LogP contribution in [0.4, 0.5) is 8.78 Å². The first-order chi connectivity index (χ1) is 8.38. The quantitative estimate of drug-likeness (QED) is 0.805. The number of benzene rings is 1. The molecule has 1 aromatic carbocycles. The van der Waals surface area contributed by atoms with Crippen molar-refractivity contribution in [1.82, 2.24) is 5.16 Å². The van der Waals surface area contributed by atoms with Gasteiger partial charge in [-0.2, -0.15) is 0 Å². The van der Waals surface area contributed by atoms with Gasteiger partial charge >= 0.3 is 0 Å². The highest BCUT2D eigenvalue weighted by Gasteiger charge is 2.19.